The molecule has 10 heteroatoms. The maximum Gasteiger partial charge on any atom is 0.351 e. The molecule has 1 fully saturated rings. The number of aromatic nitrogens is 2. The van der Waals surface area contributed by atoms with E-state index in [1.165, 1.54) is 12.3 Å². The van der Waals surface area contributed by atoms with E-state index in [4.69, 9.17) is 16.0 Å². The standard InChI is InChI=1S/C9H12N6O4/c10-6-1-2-15(8(18)12-6)7-5(17)3-9(4-16,19-7)13-14-11/h1-2,5,7,16-17H,3-4H2,(H2,10,12,18)/t5?,7-,9+/m1/s1. The first kappa shape index (κ1) is 13.3. The van der Waals surface area contributed by atoms with Crippen LogP contribution in [0, 0.1) is 0 Å². The first-order valence-corrected chi connectivity index (χ1v) is 5.39. The average Bonchev–Trinajstić information content (AvgIpc) is 2.68. The van der Waals surface area contributed by atoms with Gasteiger partial charge in [0.2, 0.25) is 0 Å². The first-order chi connectivity index (χ1) is 9.01. The summed E-state index contributed by atoms with van der Waals surface area (Å²) in [5.41, 5.74) is 11.5. The molecule has 0 radical (unpaired) electrons. The van der Waals surface area contributed by atoms with Crippen molar-refractivity contribution in [1.82, 2.24) is 9.55 Å². The number of anilines is 1. The van der Waals surface area contributed by atoms with E-state index >= 15 is 0 Å². The van der Waals surface area contributed by atoms with Gasteiger partial charge in [-0.15, -0.1) is 0 Å². The highest BCUT2D eigenvalue weighted by Crippen LogP contribution is 2.37. The quantitative estimate of drug-likeness (QED) is 0.366. The van der Waals surface area contributed by atoms with Gasteiger partial charge in [0.15, 0.2) is 12.0 Å². The molecular formula is C9H12N6O4. The van der Waals surface area contributed by atoms with Crippen LogP contribution in [0.25, 0.3) is 10.4 Å². The van der Waals surface area contributed by atoms with E-state index < -0.39 is 30.4 Å². The predicted molar refractivity (Wildman–Crippen MR) is 62.6 cm³/mol. The SMILES string of the molecule is [N-]=[N+]=N[C@@]1(CO)CC(O)[C@H](n2ccc(N)nc2=O)O1. The number of nitrogens with zero attached hydrogens (tertiary/aromatic N) is 5. The summed E-state index contributed by atoms with van der Waals surface area (Å²) in [4.78, 5) is 17.7. The highest BCUT2D eigenvalue weighted by Gasteiger charge is 2.46. The summed E-state index contributed by atoms with van der Waals surface area (Å²) in [6.45, 7) is -0.609. The van der Waals surface area contributed by atoms with Crippen LogP contribution < -0.4 is 11.4 Å². The van der Waals surface area contributed by atoms with Gasteiger partial charge in [-0.3, -0.25) is 4.57 Å². The van der Waals surface area contributed by atoms with E-state index in [1.54, 1.807) is 0 Å². The van der Waals surface area contributed by atoms with Gasteiger partial charge in [-0.1, -0.05) is 5.11 Å². The number of nitrogens with two attached hydrogens (primary N) is 1. The minimum absolute atomic E-state index is 0.0391. The molecular weight excluding hydrogens is 256 g/mol. The zero-order valence-electron chi connectivity index (χ0n) is 9.75. The Morgan fingerprint density at radius 3 is 3.11 bits per heavy atom. The van der Waals surface area contributed by atoms with Crippen LogP contribution in [-0.4, -0.2) is 38.2 Å². The molecule has 1 saturated heterocycles. The summed E-state index contributed by atoms with van der Waals surface area (Å²) < 4.78 is 6.34. The van der Waals surface area contributed by atoms with E-state index in [1.807, 2.05) is 0 Å². The zero-order valence-corrected chi connectivity index (χ0v) is 9.75. The fourth-order valence-electron chi connectivity index (χ4n) is 1.92. The number of hydrogen-bond acceptors (Lipinski definition) is 7. The van der Waals surface area contributed by atoms with Crippen molar-refractivity contribution in [2.24, 2.45) is 5.11 Å². The third-order valence-corrected chi connectivity index (χ3v) is 2.80. The molecule has 0 saturated carbocycles. The molecule has 0 bridgehead atoms. The van der Waals surface area contributed by atoms with Crippen molar-refractivity contribution < 1.29 is 14.9 Å². The molecule has 10 nitrogen and oxygen atoms in total. The van der Waals surface area contributed by atoms with Crippen LogP contribution in [0.4, 0.5) is 5.82 Å². The highest BCUT2D eigenvalue weighted by atomic mass is 16.6. The average molecular weight is 268 g/mol. The molecule has 3 atom stereocenters. The third-order valence-electron chi connectivity index (χ3n) is 2.80. The molecule has 2 heterocycles. The molecule has 0 amide bonds. The third kappa shape index (κ3) is 2.37. The van der Waals surface area contributed by atoms with Gasteiger partial charge < -0.3 is 20.7 Å². The fourth-order valence-corrected chi connectivity index (χ4v) is 1.92. The maximum atomic E-state index is 11.6. The lowest BCUT2D eigenvalue weighted by Crippen LogP contribution is -2.33. The van der Waals surface area contributed by atoms with Crippen LogP contribution in [0.3, 0.4) is 0 Å². The summed E-state index contributed by atoms with van der Waals surface area (Å²) in [6.07, 6.45) is -1.05. The van der Waals surface area contributed by atoms with Crippen molar-refractivity contribution in [3.05, 3.63) is 33.2 Å². The lowest BCUT2D eigenvalue weighted by molar-refractivity contribution is -0.107. The Bertz CT molecular complexity index is 582. The van der Waals surface area contributed by atoms with Crippen molar-refractivity contribution >= 4 is 5.82 Å². The van der Waals surface area contributed by atoms with Crippen molar-refractivity contribution in [3.63, 3.8) is 0 Å². The van der Waals surface area contributed by atoms with Crippen molar-refractivity contribution in [3.8, 4) is 0 Å². The van der Waals surface area contributed by atoms with Gasteiger partial charge in [-0.25, -0.2) is 4.79 Å². The zero-order chi connectivity index (χ0) is 14.0. The smallest absolute Gasteiger partial charge is 0.351 e. The molecule has 0 aliphatic carbocycles. The van der Waals surface area contributed by atoms with Crippen LogP contribution >= 0.6 is 0 Å². The Morgan fingerprint density at radius 2 is 2.53 bits per heavy atom. The molecule has 1 aromatic rings. The number of rotatable bonds is 3. The van der Waals surface area contributed by atoms with E-state index in [2.05, 4.69) is 15.0 Å². The topological polar surface area (TPSA) is 159 Å². The van der Waals surface area contributed by atoms with Crippen molar-refractivity contribution in [2.45, 2.75) is 24.5 Å². The second-order valence-electron chi connectivity index (χ2n) is 4.12. The number of nitrogen functional groups attached to an aromatic ring is 1. The second kappa shape index (κ2) is 4.86. The second-order valence-corrected chi connectivity index (χ2v) is 4.12. The summed E-state index contributed by atoms with van der Waals surface area (Å²) in [6, 6.07) is 1.37. The Morgan fingerprint density at radius 1 is 1.79 bits per heavy atom. The number of aliphatic hydroxyl groups is 2. The Kier molecular flexibility index (Phi) is 3.40. The van der Waals surface area contributed by atoms with Crippen LogP contribution in [0.1, 0.15) is 12.6 Å². The summed E-state index contributed by atoms with van der Waals surface area (Å²) in [5, 5.41) is 22.4. The molecule has 1 aliphatic rings. The monoisotopic (exact) mass is 268 g/mol. The normalized spacial score (nSPS) is 30.0. The van der Waals surface area contributed by atoms with E-state index in [9.17, 15) is 15.0 Å². The minimum atomic E-state index is -1.58. The first-order valence-electron chi connectivity index (χ1n) is 5.39. The van der Waals surface area contributed by atoms with E-state index in [0.717, 1.165) is 4.57 Å². The molecule has 102 valence electrons. The number of ether oxygens (including phenoxy) is 1. The molecule has 2 rings (SSSR count). The molecule has 1 unspecified atom stereocenters. The van der Waals surface area contributed by atoms with Gasteiger partial charge in [0, 0.05) is 17.5 Å². The summed E-state index contributed by atoms with van der Waals surface area (Å²) in [7, 11) is 0. The number of hydrogen-bond donors (Lipinski definition) is 3. The molecule has 1 aromatic heterocycles. The van der Waals surface area contributed by atoms with Gasteiger partial charge in [-0.2, -0.15) is 4.98 Å². The van der Waals surface area contributed by atoms with Crippen LogP contribution in [0.5, 0.6) is 0 Å². The molecule has 1 aliphatic heterocycles. The number of azide groups is 1. The lowest BCUT2D eigenvalue weighted by Gasteiger charge is -2.21. The van der Waals surface area contributed by atoms with E-state index in [0.29, 0.717) is 0 Å². The highest BCUT2D eigenvalue weighted by molar-refractivity contribution is 5.23. The summed E-state index contributed by atoms with van der Waals surface area (Å²) >= 11 is 0. The van der Waals surface area contributed by atoms with Crippen LogP contribution in [0.2, 0.25) is 0 Å². The molecule has 0 spiro atoms. The molecule has 0 aromatic carbocycles. The lowest BCUT2D eigenvalue weighted by atomic mass is 10.1. The Labute approximate surface area is 106 Å². The van der Waals surface area contributed by atoms with Gasteiger partial charge in [-0.05, 0) is 11.6 Å². The van der Waals surface area contributed by atoms with Crippen LogP contribution in [0.15, 0.2) is 22.2 Å². The Balaban J connectivity index is 2.37. The fraction of sp³-hybridized carbons (Fsp3) is 0.556. The Hall–Kier alpha value is -2.13. The molecule has 4 N–H and O–H groups in total. The van der Waals surface area contributed by atoms with E-state index in [-0.39, 0.29) is 12.2 Å². The minimum Gasteiger partial charge on any atom is -0.393 e. The largest absolute Gasteiger partial charge is 0.393 e. The molecule has 19 heavy (non-hydrogen) atoms. The van der Waals surface area contributed by atoms with Crippen LogP contribution in [-0.2, 0) is 4.74 Å². The van der Waals surface area contributed by atoms with Gasteiger partial charge >= 0.3 is 5.69 Å². The summed E-state index contributed by atoms with van der Waals surface area (Å²) in [5.74, 6) is 0.0391. The van der Waals surface area contributed by atoms with Crippen molar-refractivity contribution in [2.75, 3.05) is 12.3 Å². The predicted octanol–water partition coefficient (Wildman–Crippen LogP) is -0.896. The van der Waals surface area contributed by atoms with Gasteiger partial charge in [0.25, 0.3) is 0 Å². The maximum absolute atomic E-state index is 11.6. The number of aliphatic hydroxyl groups excluding tert-OH is 2. The van der Waals surface area contributed by atoms with Gasteiger partial charge in [0.05, 0.1) is 6.61 Å². The van der Waals surface area contributed by atoms with Crippen molar-refractivity contribution in [1.29, 1.82) is 0 Å². The van der Waals surface area contributed by atoms with Gasteiger partial charge in [0.1, 0.15) is 11.9 Å².